The van der Waals surface area contributed by atoms with Crippen molar-refractivity contribution >= 4 is 5.91 Å². The van der Waals surface area contributed by atoms with Gasteiger partial charge in [0.15, 0.2) is 0 Å². The minimum atomic E-state index is -0.185. The van der Waals surface area contributed by atoms with E-state index in [1.54, 1.807) is 24.5 Å². The van der Waals surface area contributed by atoms with Gasteiger partial charge in [-0.05, 0) is 38.5 Å². The summed E-state index contributed by atoms with van der Waals surface area (Å²) < 4.78 is 11.2. The maximum absolute atomic E-state index is 12.7. The number of rotatable bonds is 7. The van der Waals surface area contributed by atoms with Crippen LogP contribution in [-0.2, 0) is 11.3 Å². The van der Waals surface area contributed by atoms with Gasteiger partial charge in [-0.2, -0.15) is 0 Å². The predicted octanol–water partition coefficient (Wildman–Crippen LogP) is 2.63. The van der Waals surface area contributed by atoms with E-state index in [0.717, 1.165) is 19.6 Å². The smallest absolute Gasteiger partial charge is 0.255 e. The molecule has 7 nitrogen and oxygen atoms in total. The number of aromatic nitrogens is 2. The number of nitrogens with zero attached hydrogens (tertiary/aromatic N) is 4. The van der Waals surface area contributed by atoms with Crippen LogP contribution in [-0.4, -0.2) is 70.7 Å². The lowest BCUT2D eigenvalue weighted by Crippen LogP contribution is -2.48. The van der Waals surface area contributed by atoms with Gasteiger partial charge in [-0.3, -0.25) is 14.7 Å². The fourth-order valence-corrected chi connectivity index (χ4v) is 3.13. The molecule has 1 fully saturated rings. The topological polar surface area (TPSA) is 67.8 Å². The van der Waals surface area contributed by atoms with Gasteiger partial charge in [0.05, 0.1) is 17.8 Å². The first-order chi connectivity index (χ1) is 13.9. The van der Waals surface area contributed by atoms with E-state index < -0.39 is 0 Å². The van der Waals surface area contributed by atoms with E-state index in [0.29, 0.717) is 37.7 Å². The number of hydrogen-bond acceptors (Lipinski definition) is 6. The molecule has 0 spiro atoms. The van der Waals surface area contributed by atoms with E-state index in [9.17, 15) is 4.79 Å². The Kier molecular flexibility index (Phi) is 7.17. The molecule has 1 aliphatic heterocycles. The Bertz CT molecular complexity index is 767. The highest BCUT2D eigenvalue weighted by atomic mass is 16.5. The average Bonchev–Trinajstić information content (AvgIpc) is 2.72. The number of amides is 1. The molecule has 0 radical (unpaired) electrons. The van der Waals surface area contributed by atoms with Crippen molar-refractivity contribution in [2.45, 2.75) is 32.9 Å². The van der Waals surface area contributed by atoms with Crippen LogP contribution in [0.4, 0.5) is 0 Å². The highest BCUT2D eigenvalue weighted by Gasteiger charge is 2.22. The second-order valence-electron chi connectivity index (χ2n) is 8.12. The van der Waals surface area contributed by atoms with Crippen LogP contribution in [0.15, 0.2) is 42.9 Å². The van der Waals surface area contributed by atoms with Gasteiger partial charge in [0, 0.05) is 57.4 Å². The summed E-state index contributed by atoms with van der Waals surface area (Å²) in [6.45, 7) is 10.9. The van der Waals surface area contributed by atoms with Crippen molar-refractivity contribution in [2.24, 2.45) is 0 Å². The van der Waals surface area contributed by atoms with Crippen LogP contribution in [0.5, 0.6) is 5.88 Å². The zero-order valence-corrected chi connectivity index (χ0v) is 17.5. The minimum Gasteiger partial charge on any atom is -0.475 e. The molecule has 0 aliphatic carbocycles. The van der Waals surface area contributed by atoms with Crippen LogP contribution >= 0.6 is 0 Å². The largest absolute Gasteiger partial charge is 0.475 e. The first-order valence-electron chi connectivity index (χ1n) is 10.0. The molecule has 0 unspecified atom stereocenters. The number of piperazine rings is 1. The van der Waals surface area contributed by atoms with Gasteiger partial charge in [0.1, 0.15) is 6.61 Å². The fraction of sp³-hybridized carbons (Fsp3) is 0.500. The van der Waals surface area contributed by atoms with E-state index in [4.69, 9.17) is 9.47 Å². The highest BCUT2D eigenvalue weighted by molar-refractivity contribution is 5.94. The average molecular weight is 399 g/mol. The van der Waals surface area contributed by atoms with Crippen LogP contribution in [0.1, 0.15) is 36.7 Å². The Morgan fingerprint density at radius 2 is 1.86 bits per heavy atom. The lowest BCUT2D eigenvalue weighted by Gasteiger charge is -2.34. The summed E-state index contributed by atoms with van der Waals surface area (Å²) in [6.07, 6.45) is 5.26. The zero-order valence-electron chi connectivity index (χ0n) is 17.5. The van der Waals surface area contributed by atoms with Gasteiger partial charge in [-0.25, -0.2) is 4.98 Å². The summed E-state index contributed by atoms with van der Waals surface area (Å²) in [4.78, 5) is 25.4. The van der Waals surface area contributed by atoms with Crippen molar-refractivity contribution in [3.05, 3.63) is 54.0 Å². The van der Waals surface area contributed by atoms with Crippen molar-refractivity contribution in [2.75, 3.05) is 39.4 Å². The molecule has 1 aliphatic rings. The Labute approximate surface area is 172 Å². The van der Waals surface area contributed by atoms with Crippen molar-refractivity contribution < 1.29 is 14.3 Å². The first kappa shape index (κ1) is 21.2. The van der Waals surface area contributed by atoms with Crippen molar-refractivity contribution in [1.82, 2.24) is 19.8 Å². The van der Waals surface area contributed by atoms with E-state index in [1.165, 1.54) is 5.56 Å². The summed E-state index contributed by atoms with van der Waals surface area (Å²) in [6, 6.07) is 7.54. The van der Waals surface area contributed by atoms with Crippen LogP contribution < -0.4 is 4.74 Å². The molecule has 156 valence electrons. The van der Waals surface area contributed by atoms with Crippen LogP contribution in [0, 0.1) is 0 Å². The third-order valence-corrected chi connectivity index (χ3v) is 4.64. The minimum absolute atomic E-state index is 0.0149. The fourth-order valence-electron chi connectivity index (χ4n) is 3.13. The van der Waals surface area contributed by atoms with E-state index in [2.05, 4.69) is 20.9 Å². The molecule has 7 heteroatoms. The molecular formula is C22H30N4O3. The molecule has 3 heterocycles. The monoisotopic (exact) mass is 398 g/mol. The van der Waals surface area contributed by atoms with E-state index >= 15 is 0 Å². The molecule has 0 aromatic carbocycles. The van der Waals surface area contributed by atoms with Crippen LogP contribution in [0.25, 0.3) is 0 Å². The maximum atomic E-state index is 12.7. The molecule has 1 saturated heterocycles. The van der Waals surface area contributed by atoms with Gasteiger partial charge >= 0.3 is 0 Å². The SMILES string of the molecule is CC(C)(C)OCCOc1ccc(C(=O)N2CCN(Cc3cccnc3)CC2)cn1. The summed E-state index contributed by atoms with van der Waals surface area (Å²) in [5.41, 5.74) is 1.60. The van der Waals surface area contributed by atoms with Gasteiger partial charge in [0.25, 0.3) is 5.91 Å². The second kappa shape index (κ2) is 9.80. The van der Waals surface area contributed by atoms with Gasteiger partial charge in [-0.15, -0.1) is 0 Å². The number of ether oxygens (including phenoxy) is 2. The number of carbonyl (C=O) groups excluding carboxylic acids is 1. The van der Waals surface area contributed by atoms with Gasteiger partial charge in [-0.1, -0.05) is 6.07 Å². The molecule has 2 aromatic rings. The Balaban J connectivity index is 1.43. The molecule has 0 atom stereocenters. The normalized spacial score (nSPS) is 15.3. The lowest BCUT2D eigenvalue weighted by atomic mass is 10.2. The Morgan fingerprint density at radius 1 is 1.07 bits per heavy atom. The third-order valence-electron chi connectivity index (χ3n) is 4.64. The van der Waals surface area contributed by atoms with Gasteiger partial charge < -0.3 is 14.4 Å². The van der Waals surface area contributed by atoms with E-state index in [-0.39, 0.29) is 11.5 Å². The third kappa shape index (κ3) is 6.80. The Hall–Kier alpha value is -2.51. The molecular weight excluding hydrogens is 368 g/mol. The standard InChI is InChI=1S/C22H30N4O3/c1-22(2,3)29-14-13-28-20-7-6-19(16-24-20)21(27)26-11-9-25(10-12-26)17-18-5-4-8-23-15-18/h4-8,15-16H,9-14,17H2,1-3H3. The summed E-state index contributed by atoms with van der Waals surface area (Å²) >= 11 is 0. The molecule has 0 bridgehead atoms. The first-order valence-corrected chi connectivity index (χ1v) is 10.0. The molecule has 3 rings (SSSR count). The molecule has 0 N–H and O–H groups in total. The van der Waals surface area contributed by atoms with Crippen molar-refractivity contribution in [1.29, 1.82) is 0 Å². The number of carbonyl (C=O) groups is 1. The van der Waals surface area contributed by atoms with Crippen LogP contribution in [0.2, 0.25) is 0 Å². The molecule has 29 heavy (non-hydrogen) atoms. The zero-order chi connectivity index (χ0) is 20.7. The van der Waals surface area contributed by atoms with E-state index in [1.807, 2.05) is 37.9 Å². The number of hydrogen-bond donors (Lipinski definition) is 0. The number of pyridine rings is 2. The van der Waals surface area contributed by atoms with Gasteiger partial charge in [0.2, 0.25) is 5.88 Å². The maximum Gasteiger partial charge on any atom is 0.255 e. The van der Waals surface area contributed by atoms with Crippen molar-refractivity contribution in [3.8, 4) is 5.88 Å². The lowest BCUT2D eigenvalue weighted by molar-refractivity contribution is -0.0168. The summed E-state index contributed by atoms with van der Waals surface area (Å²) in [5, 5.41) is 0. The summed E-state index contributed by atoms with van der Waals surface area (Å²) in [7, 11) is 0. The predicted molar refractivity (Wildman–Crippen MR) is 111 cm³/mol. The molecule has 0 saturated carbocycles. The van der Waals surface area contributed by atoms with Crippen molar-refractivity contribution in [3.63, 3.8) is 0 Å². The molecule has 1 amide bonds. The summed E-state index contributed by atoms with van der Waals surface area (Å²) in [5.74, 6) is 0.515. The quantitative estimate of drug-likeness (QED) is 0.668. The molecule has 2 aromatic heterocycles. The second-order valence-corrected chi connectivity index (χ2v) is 8.12. The van der Waals surface area contributed by atoms with Crippen LogP contribution in [0.3, 0.4) is 0 Å². The highest BCUT2D eigenvalue weighted by Crippen LogP contribution is 2.13. The Morgan fingerprint density at radius 3 is 2.48 bits per heavy atom.